The fourth-order valence-corrected chi connectivity index (χ4v) is 1.93. The van der Waals surface area contributed by atoms with Gasteiger partial charge in [0.05, 0.1) is 10.6 Å². The average Bonchev–Trinajstić information content (AvgIpc) is 2.69. The SMILES string of the molecule is Brc1cccnc1NCC1CCCO1. The van der Waals surface area contributed by atoms with Crippen LogP contribution in [0.4, 0.5) is 5.82 Å². The molecule has 2 rings (SSSR count). The van der Waals surface area contributed by atoms with Crippen molar-refractivity contribution < 1.29 is 4.74 Å². The molecule has 0 aromatic carbocycles. The van der Waals surface area contributed by atoms with E-state index >= 15 is 0 Å². The lowest BCUT2D eigenvalue weighted by atomic mass is 10.2. The van der Waals surface area contributed by atoms with Gasteiger partial charge in [-0.3, -0.25) is 0 Å². The van der Waals surface area contributed by atoms with Crippen molar-refractivity contribution in [3.8, 4) is 0 Å². The molecule has 1 atom stereocenters. The lowest BCUT2D eigenvalue weighted by Gasteiger charge is -2.11. The summed E-state index contributed by atoms with van der Waals surface area (Å²) in [5.41, 5.74) is 0. The van der Waals surface area contributed by atoms with Crippen LogP contribution in [0.5, 0.6) is 0 Å². The van der Waals surface area contributed by atoms with Crippen molar-refractivity contribution >= 4 is 21.7 Å². The molecule has 1 aliphatic heterocycles. The Kier molecular flexibility index (Phi) is 3.37. The molecular weight excluding hydrogens is 244 g/mol. The van der Waals surface area contributed by atoms with Gasteiger partial charge in [-0.25, -0.2) is 4.98 Å². The van der Waals surface area contributed by atoms with Crippen LogP contribution < -0.4 is 5.32 Å². The Morgan fingerprint density at radius 2 is 2.57 bits per heavy atom. The topological polar surface area (TPSA) is 34.2 Å². The van der Waals surface area contributed by atoms with Crippen LogP contribution in [0.1, 0.15) is 12.8 Å². The molecule has 1 fully saturated rings. The maximum absolute atomic E-state index is 5.51. The number of aromatic nitrogens is 1. The summed E-state index contributed by atoms with van der Waals surface area (Å²) in [5, 5.41) is 3.27. The van der Waals surface area contributed by atoms with Gasteiger partial charge >= 0.3 is 0 Å². The van der Waals surface area contributed by atoms with E-state index in [1.807, 2.05) is 12.1 Å². The van der Waals surface area contributed by atoms with Crippen LogP contribution in [0.2, 0.25) is 0 Å². The van der Waals surface area contributed by atoms with E-state index in [-0.39, 0.29) is 0 Å². The molecule has 1 saturated heterocycles. The van der Waals surface area contributed by atoms with Gasteiger partial charge in [0.15, 0.2) is 0 Å². The largest absolute Gasteiger partial charge is 0.376 e. The van der Waals surface area contributed by atoms with Crippen LogP contribution >= 0.6 is 15.9 Å². The predicted molar refractivity (Wildman–Crippen MR) is 59.4 cm³/mol. The highest BCUT2D eigenvalue weighted by Gasteiger charge is 2.15. The number of nitrogens with one attached hydrogen (secondary N) is 1. The minimum Gasteiger partial charge on any atom is -0.376 e. The van der Waals surface area contributed by atoms with E-state index in [1.165, 1.54) is 6.42 Å². The summed E-state index contributed by atoms with van der Waals surface area (Å²) in [6.07, 6.45) is 4.46. The summed E-state index contributed by atoms with van der Waals surface area (Å²) in [6.45, 7) is 1.74. The normalized spacial score (nSPS) is 21.1. The van der Waals surface area contributed by atoms with Crippen LogP contribution in [0.25, 0.3) is 0 Å². The van der Waals surface area contributed by atoms with Crippen molar-refractivity contribution in [1.82, 2.24) is 4.98 Å². The second-order valence-corrected chi connectivity index (χ2v) is 4.20. The Bertz CT molecular complexity index is 300. The van der Waals surface area contributed by atoms with Gasteiger partial charge in [0.2, 0.25) is 0 Å². The summed E-state index contributed by atoms with van der Waals surface area (Å²) >= 11 is 3.44. The fourth-order valence-electron chi connectivity index (χ4n) is 1.53. The van der Waals surface area contributed by atoms with Gasteiger partial charge in [-0.2, -0.15) is 0 Å². The second-order valence-electron chi connectivity index (χ2n) is 3.35. The lowest BCUT2D eigenvalue weighted by Crippen LogP contribution is -2.19. The molecule has 1 aromatic heterocycles. The first-order valence-electron chi connectivity index (χ1n) is 4.82. The molecule has 2 heterocycles. The number of hydrogen-bond acceptors (Lipinski definition) is 3. The highest BCUT2D eigenvalue weighted by Crippen LogP contribution is 2.19. The first-order chi connectivity index (χ1) is 6.86. The van der Waals surface area contributed by atoms with E-state index in [0.717, 1.165) is 29.9 Å². The summed E-state index contributed by atoms with van der Waals surface area (Å²) in [6, 6.07) is 3.88. The number of nitrogens with zero attached hydrogens (tertiary/aromatic N) is 1. The molecule has 0 spiro atoms. The van der Waals surface area contributed by atoms with Crippen LogP contribution in [-0.2, 0) is 4.74 Å². The fraction of sp³-hybridized carbons (Fsp3) is 0.500. The zero-order valence-electron chi connectivity index (χ0n) is 7.87. The molecule has 1 N–H and O–H groups in total. The minimum absolute atomic E-state index is 0.351. The van der Waals surface area contributed by atoms with Gasteiger partial charge in [-0.05, 0) is 40.9 Å². The quantitative estimate of drug-likeness (QED) is 0.903. The molecule has 76 valence electrons. The molecule has 1 aliphatic rings. The minimum atomic E-state index is 0.351. The molecule has 0 amide bonds. The Labute approximate surface area is 92.0 Å². The third kappa shape index (κ3) is 2.45. The van der Waals surface area contributed by atoms with Crippen molar-refractivity contribution in [3.05, 3.63) is 22.8 Å². The zero-order chi connectivity index (χ0) is 9.80. The molecule has 1 unspecified atom stereocenters. The van der Waals surface area contributed by atoms with E-state index in [4.69, 9.17) is 4.74 Å². The van der Waals surface area contributed by atoms with Crippen molar-refractivity contribution in [2.24, 2.45) is 0 Å². The van der Waals surface area contributed by atoms with Gasteiger partial charge in [0.25, 0.3) is 0 Å². The highest BCUT2D eigenvalue weighted by molar-refractivity contribution is 9.10. The number of rotatable bonds is 3. The molecule has 14 heavy (non-hydrogen) atoms. The van der Waals surface area contributed by atoms with E-state index in [1.54, 1.807) is 6.20 Å². The van der Waals surface area contributed by atoms with Crippen molar-refractivity contribution in [2.75, 3.05) is 18.5 Å². The summed E-state index contributed by atoms with van der Waals surface area (Å²) in [7, 11) is 0. The molecule has 1 aromatic rings. The Morgan fingerprint density at radius 3 is 3.29 bits per heavy atom. The molecule has 0 bridgehead atoms. The van der Waals surface area contributed by atoms with Crippen LogP contribution in [0.3, 0.4) is 0 Å². The van der Waals surface area contributed by atoms with Crippen molar-refractivity contribution in [1.29, 1.82) is 0 Å². The third-order valence-corrected chi connectivity index (χ3v) is 2.92. The van der Waals surface area contributed by atoms with Crippen LogP contribution in [0, 0.1) is 0 Å². The average molecular weight is 257 g/mol. The Balaban J connectivity index is 1.88. The zero-order valence-corrected chi connectivity index (χ0v) is 9.46. The number of halogens is 1. The summed E-state index contributed by atoms with van der Waals surface area (Å²) in [5.74, 6) is 0.892. The van der Waals surface area contributed by atoms with Gasteiger partial charge in [0, 0.05) is 19.3 Å². The summed E-state index contributed by atoms with van der Waals surface area (Å²) < 4.78 is 6.51. The van der Waals surface area contributed by atoms with Gasteiger partial charge in [0.1, 0.15) is 5.82 Å². The smallest absolute Gasteiger partial charge is 0.140 e. The molecular formula is C10H13BrN2O. The summed E-state index contributed by atoms with van der Waals surface area (Å²) in [4.78, 5) is 4.23. The van der Waals surface area contributed by atoms with E-state index < -0.39 is 0 Å². The van der Waals surface area contributed by atoms with E-state index in [2.05, 4.69) is 26.2 Å². The second kappa shape index (κ2) is 4.75. The molecule has 0 aliphatic carbocycles. The first kappa shape index (κ1) is 9.93. The number of anilines is 1. The van der Waals surface area contributed by atoms with Crippen LogP contribution in [-0.4, -0.2) is 24.2 Å². The van der Waals surface area contributed by atoms with E-state index in [0.29, 0.717) is 6.10 Å². The monoisotopic (exact) mass is 256 g/mol. The number of pyridine rings is 1. The standard InChI is InChI=1S/C10H13BrN2O/c11-9-4-1-5-12-10(9)13-7-8-3-2-6-14-8/h1,4-5,8H,2-3,6-7H2,(H,12,13). The maximum atomic E-state index is 5.51. The molecule has 0 radical (unpaired) electrons. The highest BCUT2D eigenvalue weighted by atomic mass is 79.9. The van der Waals surface area contributed by atoms with Gasteiger partial charge in [-0.1, -0.05) is 0 Å². The van der Waals surface area contributed by atoms with Gasteiger partial charge in [-0.15, -0.1) is 0 Å². The maximum Gasteiger partial charge on any atom is 0.140 e. The Hall–Kier alpha value is -0.610. The van der Waals surface area contributed by atoms with Crippen molar-refractivity contribution in [2.45, 2.75) is 18.9 Å². The number of ether oxygens (including phenoxy) is 1. The number of hydrogen-bond donors (Lipinski definition) is 1. The molecule has 3 nitrogen and oxygen atoms in total. The first-order valence-corrected chi connectivity index (χ1v) is 5.61. The van der Waals surface area contributed by atoms with Gasteiger partial charge < -0.3 is 10.1 Å². The lowest BCUT2D eigenvalue weighted by molar-refractivity contribution is 0.120. The molecule has 0 saturated carbocycles. The van der Waals surface area contributed by atoms with Crippen molar-refractivity contribution in [3.63, 3.8) is 0 Å². The third-order valence-electron chi connectivity index (χ3n) is 2.28. The van der Waals surface area contributed by atoms with Crippen LogP contribution in [0.15, 0.2) is 22.8 Å². The molecule has 4 heteroatoms. The van der Waals surface area contributed by atoms with E-state index in [9.17, 15) is 0 Å². The predicted octanol–water partition coefficient (Wildman–Crippen LogP) is 2.44. The Morgan fingerprint density at radius 1 is 1.64 bits per heavy atom.